The van der Waals surface area contributed by atoms with Crippen LogP contribution in [-0.2, 0) is 28.6 Å². The third-order valence-corrected chi connectivity index (χ3v) is 10.7. The fourth-order valence-electron chi connectivity index (χ4n) is 6.92. The number of likely N-dealkylation sites (N-methyl/N-ethyl adjacent to an activating group) is 1. The van der Waals surface area contributed by atoms with Crippen molar-refractivity contribution in [2.45, 2.75) is 219 Å². The van der Waals surface area contributed by atoms with Gasteiger partial charge in [0.25, 0.3) is 0 Å². The number of hydrogen-bond acceptors (Lipinski definition) is 7. The van der Waals surface area contributed by atoms with Gasteiger partial charge in [0.05, 0.1) is 40.3 Å². The van der Waals surface area contributed by atoms with E-state index in [1.54, 1.807) is 21.1 Å². The van der Waals surface area contributed by atoms with Crippen LogP contribution in [0.1, 0.15) is 206 Å². The summed E-state index contributed by atoms with van der Waals surface area (Å²) in [6, 6.07) is -0.735. The van der Waals surface area contributed by atoms with Gasteiger partial charge in [0.2, 0.25) is 0 Å². The Bertz CT molecular complexity index is 1110. The van der Waals surface area contributed by atoms with E-state index in [1.807, 2.05) is 6.08 Å². The fraction of sp³-hybridized carbons (Fsp3) is 0.784. The van der Waals surface area contributed by atoms with E-state index in [9.17, 15) is 19.5 Å². The highest BCUT2D eigenvalue weighted by molar-refractivity contribution is 5.70. The lowest BCUT2D eigenvalue weighted by Gasteiger charge is -2.34. The van der Waals surface area contributed by atoms with Crippen LogP contribution < -0.4 is 5.11 Å². The van der Waals surface area contributed by atoms with Crippen molar-refractivity contribution in [1.29, 1.82) is 0 Å². The topological polar surface area (TPSA) is 102 Å². The Kier molecular flexibility index (Phi) is 40.1. The van der Waals surface area contributed by atoms with Gasteiger partial charge in [0.1, 0.15) is 12.6 Å². The average molecular weight is 830 g/mol. The van der Waals surface area contributed by atoms with Gasteiger partial charge in [-0.05, 0) is 64.2 Å². The van der Waals surface area contributed by atoms with Crippen LogP contribution in [0.4, 0.5) is 0 Å². The predicted molar refractivity (Wildman–Crippen MR) is 245 cm³/mol. The first-order chi connectivity index (χ1) is 28.6. The monoisotopic (exact) mass is 830 g/mol. The number of rotatable bonds is 43. The Morgan fingerprint density at radius 3 is 1.37 bits per heavy atom. The number of carboxylic acid groups (broad SMARTS) is 1. The molecule has 0 aromatic carbocycles. The van der Waals surface area contributed by atoms with Crippen LogP contribution in [-0.4, -0.2) is 75.5 Å². The second-order valence-electron chi connectivity index (χ2n) is 17.3. The molecule has 2 atom stereocenters. The summed E-state index contributed by atoms with van der Waals surface area (Å²) in [5, 5.41) is 11.6. The Morgan fingerprint density at radius 1 is 0.508 bits per heavy atom. The molecular weight excluding hydrogens is 739 g/mol. The van der Waals surface area contributed by atoms with Crippen molar-refractivity contribution in [3.8, 4) is 0 Å². The summed E-state index contributed by atoms with van der Waals surface area (Å²) in [5.41, 5.74) is 0. The number of carbonyl (C=O) groups is 3. The lowest BCUT2D eigenvalue weighted by Crippen LogP contribution is -2.55. The van der Waals surface area contributed by atoms with E-state index in [0.717, 1.165) is 51.4 Å². The minimum absolute atomic E-state index is 0.0200. The number of ether oxygens (including phenoxy) is 3. The van der Waals surface area contributed by atoms with Crippen LogP contribution in [0.5, 0.6) is 0 Å². The summed E-state index contributed by atoms with van der Waals surface area (Å²) in [6.45, 7) is 4.59. The van der Waals surface area contributed by atoms with Crippen LogP contribution in [0.3, 0.4) is 0 Å². The first-order valence-electron chi connectivity index (χ1n) is 24.2. The Morgan fingerprint density at radius 2 is 0.932 bits per heavy atom. The van der Waals surface area contributed by atoms with E-state index >= 15 is 0 Å². The van der Waals surface area contributed by atoms with Crippen LogP contribution in [0.2, 0.25) is 0 Å². The standard InChI is InChI=1S/C51H91NO7/c1-6-8-10-12-14-16-18-20-21-22-23-24-25-26-27-28-30-32-34-36-38-40-42-50(54)59-47(45-57-44-43-48(51(55)56)52(3,4)5)46-58-49(53)41-39-37-35-33-31-29-19-17-15-13-11-9-7-2/h22-23,25-26,29,31,35,37,47-48H,6-21,24,27-28,30,32-34,36,38-46H2,1-5H3/b23-22+,26-25+,31-29+,37-35+. The molecule has 0 aromatic heterocycles. The molecule has 0 amide bonds. The Labute approximate surface area is 363 Å². The molecule has 0 heterocycles. The summed E-state index contributed by atoms with van der Waals surface area (Å²) < 4.78 is 17.1. The highest BCUT2D eigenvalue weighted by Gasteiger charge is 2.25. The molecule has 0 aliphatic heterocycles. The van der Waals surface area contributed by atoms with Crippen LogP contribution >= 0.6 is 0 Å². The number of unbranched alkanes of at least 4 members (excludes halogenated alkanes) is 21. The molecule has 0 N–H and O–H groups in total. The zero-order chi connectivity index (χ0) is 43.5. The van der Waals surface area contributed by atoms with Crippen LogP contribution in [0, 0.1) is 0 Å². The van der Waals surface area contributed by atoms with Gasteiger partial charge in [0.15, 0.2) is 6.10 Å². The predicted octanol–water partition coefficient (Wildman–Crippen LogP) is 12.3. The van der Waals surface area contributed by atoms with Gasteiger partial charge in [-0.3, -0.25) is 9.59 Å². The van der Waals surface area contributed by atoms with E-state index in [1.165, 1.54) is 116 Å². The molecule has 0 fully saturated rings. The molecule has 0 aromatic rings. The average Bonchev–Trinajstić information content (AvgIpc) is 3.19. The van der Waals surface area contributed by atoms with Gasteiger partial charge in [-0.25, -0.2) is 0 Å². The number of carboxylic acids is 1. The number of aliphatic carboxylic acids is 1. The van der Waals surface area contributed by atoms with Crippen molar-refractivity contribution in [3.05, 3.63) is 48.6 Å². The van der Waals surface area contributed by atoms with Gasteiger partial charge in [0, 0.05) is 19.3 Å². The SMILES string of the molecule is CCCCCCCC/C=C/C/C=C/CCC(=O)OCC(COCCC(C(=O)[O-])[N+](C)(C)C)OC(=O)CCCCCCCCC/C=C/C/C=C/CCCCCCCCCC. The van der Waals surface area contributed by atoms with Crippen molar-refractivity contribution in [3.63, 3.8) is 0 Å². The summed E-state index contributed by atoms with van der Waals surface area (Å²) in [6.07, 6.45) is 50.1. The van der Waals surface area contributed by atoms with E-state index in [2.05, 4.69) is 56.4 Å². The van der Waals surface area contributed by atoms with Gasteiger partial charge < -0.3 is 28.6 Å². The quantitative estimate of drug-likeness (QED) is 0.0261. The minimum atomic E-state index is -1.13. The summed E-state index contributed by atoms with van der Waals surface area (Å²) in [7, 11) is 5.39. The third kappa shape index (κ3) is 40.5. The van der Waals surface area contributed by atoms with E-state index in [4.69, 9.17) is 14.2 Å². The summed E-state index contributed by atoms with van der Waals surface area (Å²) >= 11 is 0. The largest absolute Gasteiger partial charge is 0.544 e. The number of quaternary nitrogens is 1. The molecule has 8 nitrogen and oxygen atoms in total. The Hall–Kier alpha value is -2.71. The number of esters is 2. The molecule has 0 bridgehead atoms. The number of nitrogens with zero attached hydrogens (tertiary/aromatic N) is 1. The number of allylic oxidation sites excluding steroid dienone is 8. The molecule has 0 aliphatic rings. The summed E-state index contributed by atoms with van der Waals surface area (Å²) in [5.74, 6) is -1.83. The third-order valence-electron chi connectivity index (χ3n) is 10.7. The fourth-order valence-corrected chi connectivity index (χ4v) is 6.92. The van der Waals surface area contributed by atoms with Gasteiger partial charge >= 0.3 is 11.9 Å². The molecule has 0 saturated heterocycles. The normalized spacial score (nSPS) is 13.3. The molecule has 0 saturated carbocycles. The lowest BCUT2D eigenvalue weighted by atomic mass is 10.1. The van der Waals surface area contributed by atoms with Crippen molar-refractivity contribution in [1.82, 2.24) is 0 Å². The number of hydrogen-bond donors (Lipinski definition) is 0. The van der Waals surface area contributed by atoms with Gasteiger partial charge in [-0.15, -0.1) is 0 Å². The molecular formula is C51H91NO7. The first kappa shape index (κ1) is 56.3. The lowest BCUT2D eigenvalue weighted by molar-refractivity contribution is -0.889. The van der Waals surface area contributed by atoms with E-state index in [0.29, 0.717) is 12.8 Å². The van der Waals surface area contributed by atoms with Crippen molar-refractivity contribution >= 4 is 17.9 Å². The Balaban J connectivity index is 4.32. The smallest absolute Gasteiger partial charge is 0.306 e. The zero-order valence-electron chi connectivity index (χ0n) is 38.9. The molecule has 342 valence electrons. The van der Waals surface area contributed by atoms with Crippen molar-refractivity contribution in [2.24, 2.45) is 0 Å². The molecule has 0 aliphatic carbocycles. The molecule has 2 unspecified atom stereocenters. The van der Waals surface area contributed by atoms with Crippen LogP contribution in [0.25, 0.3) is 0 Å². The second-order valence-corrected chi connectivity index (χ2v) is 17.3. The summed E-state index contributed by atoms with van der Waals surface area (Å²) in [4.78, 5) is 36.9. The van der Waals surface area contributed by atoms with Gasteiger partial charge in [-0.2, -0.15) is 0 Å². The number of carbonyl (C=O) groups excluding carboxylic acids is 3. The maximum atomic E-state index is 12.7. The second kappa shape index (κ2) is 42.0. The first-order valence-corrected chi connectivity index (χ1v) is 24.2. The zero-order valence-corrected chi connectivity index (χ0v) is 38.9. The van der Waals surface area contributed by atoms with E-state index in [-0.39, 0.29) is 49.1 Å². The minimum Gasteiger partial charge on any atom is -0.544 e. The van der Waals surface area contributed by atoms with Crippen LogP contribution in [0.15, 0.2) is 48.6 Å². The van der Waals surface area contributed by atoms with E-state index < -0.39 is 18.1 Å². The highest BCUT2D eigenvalue weighted by Crippen LogP contribution is 2.14. The molecule has 8 heteroatoms. The maximum absolute atomic E-state index is 12.7. The van der Waals surface area contributed by atoms with Crippen molar-refractivity contribution in [2.75, 3.05) is 41.0 Å². The maximum Gasteiger partial charge on any atom is 0.306 e. The molecule has 0 radical (unpaired) electrons. The molecule has 0 spiro atoms. The van der Waals surface area contributed by atoms with Crippen molar-refractivity contribution < 1.29 is 38.2 Å². The molecule has 0 rings (SSSR count). The molecule has 59 heavy (non-hydrogen) atoms. The van der Waals surface area contributed by atoms with Gasteiger partial charge in [-0.1, -0.05) is 172 Å². The highest BCUT2D eigenvalue weighted by atomic mass is 16.6.